The van der Waals surface area contributed by atoms with Gasteiger partial charge in [-0.25, -0.2) is 4.39 Å². The van der Waals surface area contributed by atoms with Crippen LogP contribution in [0, 0.1) is 5.82 Å². The number of hydrogen-bond donors (Lipinski definition) is 1. The van der Waals surface area contributed by atoms with Gasteiger partial charge in [-0.3, -0.25) is 0 Å². The maximum Gasteiger partial charge on any atom is 0.169 e. The lowest BCUT2D eigenvalue weighted by Crippen LogP contribution is -2.07. The number of rotatable bonds is 5. The average Bonchev–Trinajstić information content (AvgIpc) is 2.43. The van der Waals surface area contributed by atoms with Crippen molar-refractivity contribution in [1.82, 2.24) is 5.32 Å². The molecule has 0 bridgehead atoms. The topological polar surface area (TPSA) is 30.5 Å². The van der Waals surface area contributed by atoms with Crippen LogP contribution in [0.4, 0.5) is 4.39 Å². The van der Waals surface area contributed by atoms with Gasteiger partial charge in [0.2, 0.25) is 0 Å². The van der Waals surface area contributed by atoms with Crippen LogP contribution in [-0.4, -0.2) is 14.2 Å². The zero-order chi connectivity index (χ0) is 13.7. The average molecular weight is 261 g/mol. The summed E-state index contributed by atoms with van der Waals surface area (Å²) < 4.78 is 24.3. The van der Waals surface area contributed by atoms with Crippen molar-refractivity contribution >= 4 is 0 Å². The first kappa shape index (κ1) is 13.4. The summed E-state index contributed by atoms with van der Waals surface area (Å²) in [5, 5.41) is 2.99. The Hall–Kier alpha value is -2.07. The minimum atomic E-state index is -0.280. The van der Waals surface area contributed by atoms with Gasteiger partial charge in [0.05, 0.1) is 7.11 Å². The van der Waals surface area contributed by atoms with Crippen LogP contribution in [0.3, 0.4) is 0 Å². The largest absolute Gasteiger partial charge is 0.493 e. The van der Waals surface area contributed by atoms with Gasteiger partial charge in [-0.05, 0) is 37.4 Å². The summed E-state index contributed by atoms with van der Waals surface area (Å²) in [6.45, 7) is 0.530. The van der Waals surface area contributed by atoms with E-state index in [4.69, 9.17) is 9.47 Å². The molecule has 0 amide bonds. The molecule has 0 spiro atoms. The van der Waals surface area contributed by atoms with Crippen molar-refractivity contribution in [2.24, 2.45) is 0 Å². The fourth-order valence-corrected chi connectivity index (χ4v) is 1.80. The van der Waals surface area contributed by atoms with Gasteiger partial charge in [0.25, 0.3) is 0 Å². The number of para-hydroxylation sites is 2. The van der Waals surface area contributed by atoms with Gasteiger partial charge in [0, 0.05) is 12.1 Å². The number of methoxy groups -OCH3 is 1. The highest BCUT2D eigenvalue weighted by Crippen LogP contribution is 2.32. The van der Waals surface area contributed by atoms with E-state index in [0.717, 1.165) is 5.56 Å². The van der Waals surface area contributed by atoms with Crippen LogP contribution in [0.1, 0.15) is 5.56 Å². The van der Waals surface area contributed by atoms with E-state index in [1.54, 1.807) is 20.2 Å². The molecule has 0 heterocycles. The zero-order valence-electron chi connectivity index (χ0n) is 10.9. The van der Waals surface area contributed by atoms with Gasteiger partial charge in [0.1, 0.15) is 11.6 Å². The van der Waals surface area contributed by atoms with Gasteiger partial charge in [0.15, 0.2) is 11.5 Å². The Morgan fingerprint density at radius 1 is 1.05 bits per heavy atom. The molecular formula is C15H16FNO2. The summed E-state index contributed by atoms with van der Waals surface area (Å²) >= 11 is 0. The van der Waals surface area contributed by atoms with Gasteiger partial charge in [-0.2, -0.15) is 0 Å². The third-order valence-corrected chi connectivity index (χ3v) is 2.68. The molecule has 2 rings (SSSR count). The molecule has 0 fully saturated rings. The second kappa shape index (κ2) is 6.20. The Balaban J connectivity index is 2.32. The minimum Gasteiger partial charge on any atom is -0.493 e. The molecular weight excluding hydrogens is 245 g/mol. The van der Waals surface area contributed by atoms with Gasteiger partial charge in [-0.15, -0.1) is 0 Å². The van der Waals surface area contributed by atoms with Crippen molar-refractivity contribution in [2.75, 3.05) is 14.2 Å². The van der Waals surface area contributed by atoms with E-state index in [1.165, 1.54) is 12.1 Å². The number of ether oxygens (including phenoxy) is 2. The first-order valence-corrected chi connectivity index (χ1v) is 5.98. The molecule has 19 heavy (non-hydrogen) atoms. The van der Waals surface area contributed by atoms with E-state index in [9.17, 15) is 4.39 Å². The Morgan fingerprint density at radius 2 is 1.79 bits per heavy atom. The summed E-state index contributed by atoms with van der Waals surface area (Å²) in [5.41, 5.74) is 0.758. The second-order valence-corrected chi connectivity index (χ2v) is 4.04. The van der Waals surface area contributed by atoms with Gasteiger partial charge < -0.3 is 14.8 Å². The molecule has 0 unspecified atom stereocenters. The molecule has 3 nitrogen and oxygen atoms in total. The van der Waals surface area contributed by atoms with Gasteiger partial charge >= 0.3 is 0 Å². The molecule has 2 aromatic rings. The molecule has 0 aliphatic carbocycles. The molecule has 0 saturated heterocycles. The fraction of sp³-hybridized carbons (Fsp3) is 0.200. The van der Waals surface area contributed by atoms with E-state index in [2.05, 4.69) is 5.32 Å². The molecule has 0 aromatic heterocycles. The van der Waals surface area contributed by atoms with Crippen molar-refractivity contribution in [3.63, 3.8) is 0 Å². The number of halogens is 1. The van der Waals surface area contributed by atoms with Crippen LogP contribution >= 0.6 is 0 Å². The van der Waals surface area contributed by atoms with E-state index in [-0.39, 0.29) is 5.82 Å². The zero-order valence-corrected chi connectivity index (χ0v) is 10.9. The summed E-state index contributed by atoms with van der Waals surface area (Å²) in [4.78, 5) is 0. The minimum absolute atomic E-state index is 0.280. The highest BCUT2D eigenvalue weighted by atomic mass is 19.1. The quantitative estimate of drug-likeness (QED) is 0.895. The number of hydrogen-bond acceptors (Lipinski definition) is 3. The first-order chi connectivity index (χ1) is 9.24. The lowest BCUT2D eigenvalue weighted by atomic mass is 10.2. The van der Waals surface area contributed by atoms with E-state index >= 15 is 0 Å². The second-order valence-electron chi connectivity index (χ2n) is 4.04. The van der Waals surface area contributed by atoms with Crippen molar-refractivity contribution in [1.29, 1.82) is 0 Å². The number of benzene rings is 2. The summed E-state index contributed by atoms with van der Waals surface area (Å²) in [6, 6.07) is 11.8. The molecule has 100 valence electrons. The lowest BCUT2D eigenvalue weighted by Gasteiger charge is -2.13. The predicted octanol–water partition coefficient (Wildman–Crippen LogP) is 3.35. The lowest BCUT2D eigenvalue weighted by molar-refractivity contribution is 0.377. The standard InChI is InChI=1S/C15H16FNO2/c1-17-10-11-9-12(16)7-8-13(11)19-15-6-4-3-5-14(15)18-2/h3-9,17H,10H2,1-2H3. The smallest absolute Gasteiger partial charge is 0.169 e. The van der Waals surface area contributed by atoms with Crippen LogP contribution in [0.2, 0.25) is 0 Å². The molecule has 0 aliphatic rings. The summed E-state index contributed by atoms with van der Waals surface area (Å²) in [7, 11) is 3.39. The van der Waals surface area contributed by atoms with E-state index in [0.29, 0.717) is 23.8 Å². The predicted molar refractivity (Wildman–Crippen MR) is 72.2 cm³/mol. The van der Waals surface area contributed by atoms with Crippen LogP contribution in [0.5, 0.6) is 17.2 Å². The highest BCUT2D eigenvalue weighted by Gasteiger charge is 2.09. The van der Waals surface area contributed by atoms with Crippen molar-refractivity contribution in [3.8, 4) is 17.2 Å². The maximum absolute atomic E-state index is 13.2. The first-order valence-electron chi connectivity index (χ1n) is 5.98. The third-order valence-electron chi connectivity index (χ3n) is 2.68. The molecule has 1 N–H and O–H groups in total. The van der Waals surface area contributed by atoms with Crippen LogP contribution in [0.25, 0.3) is 0 Å². The van der Waals surface area contributed by atoms with Crippen LogP contribution in [-0.2, 0) is 6.54 Å². The maximum atomic E-state index is 13.2. The van der Waals surface area contributed by atoms with Crippen LogP contribution in [0.15, 0.2) is 42.5 Å². The molecule has 0 radical (unpaired) electrons. The van der Waals surface area contributed by atoms with Crippen molar-refractivity contribution in [3.05, 3.63) is 53.8 Å². The Bertz CT molecular complexity index is 558. The third kappa shape index (κ3) is 3.23. The van der Waals surface area contributed by atoms with Crippen LogP contribution < -0.4 is 14.8 Å². The SMILES string of the molecule is CNCc1cc(F)ccc1Oc1ccccc1OC. The highest BCUT2D eigenvalue weighted by molar-refractivity contribution is 5.44. The molecule has 0 aliphatic heterocycles. The molecule has 2 aromatic carbocycles. The Morgan fingerprint density at radius 3 is 2.47 bits per heavy atom. The summed E-state index contributed by atoms with van der Waals surface area (Å²) in [6.07, 6.45) is 0. The summed E-state index contributed by atoms with van der Waals surface area (Å²) in [5.74, 6) is 1.58. The fourth-order valence-electron chi connectivity index (χ4n) is 1.80. The molecule has 0 saturated carbocycles. The normalized spacial score (nSPS) is 10.3. The van der Waals surface area contributed by atoms with E-state index < -0.39 is 0 Å². The number of nitrogens with one attached hydrogen (secondary N) is 1. The monoisotopic (exact) mass is 261 g/mol. The van der Waals surface area contributed by atoms with Crippen molar-refractivity contribution < 1.29 is 13.9 Å². The van der Waals surface area contributed by atoms with Crippen molar-refractivity contribution in [2.45, 2.75) is 6.54 Å². The Labute approximate surface area is 112 Å². The molecule has 4 heteroatoms. The van der Waals surface area contributed by atoms with E-state index in [1.807, 2.05) is 24.3 Å². The Kier molecular flexibility index (Phi) is 4.36. The molecule has 0 atom stereocenters. The van der Waals surface area contributed by atoms with Gasteiger partial charge in [-0.1, -0.05) is 12.1 Å².